The number of nitrogens with one attached hydrogen (secondary N) is 1. The molecule has 2 aromatic carbocycles. The molecule has 2 aliphatic rings. The van der Waals surface area contributed by atoms with Crippen LogP contribution in [0.25, 0.3) is 33.2 Å². The Hall–Kier alpha value is -3.19. The zero-order valence-corrected chi connectivity index (χ0v) is 18.5. The Kier molecular flexibility index (Phi) is 4.54. The Morgan fingerprint density at radius 2 is 1.97 bits per heavy atom. The number of aromatic nitrogens is 4. The van der Waals surface area contributed by atoms with E-state index in [2.05, 4.69) is 27.4 Å². The SMILES string of the molecule is Cc1c(O)c(-c2cnc3cc(N4CCC(NC5CCC5)C4)ccc3n2)cc2cn(C)nc12. The van der Waals surface area contributed by atoms with Crippen molar-refractivity contribution in [2.75, 3.05) is 18.0 Å². The fourth-order valence-electron chi connectivity index (χ4n) is 5.00. The van der Waals surface area contributed by atoms with Gasteiger partial charge in [0, 0.05) is 60.6 Å². The van der Waals surface area contributed by atoms with Crippen molar-refractivity contribution < 1.29 is 5.11 Å². The number of hydrogen-bond acceptors (Lipinski definition) is 6. The van der Waals surface area contributed by atoms with Crippen molar-refractivity contribution in [1.82, 2.24) is 25.1 Å². The van der Waals surface area contributed by atoms with Crippen molar-refractivity contribution in [1.29, 1.82) is 0 Å². The molecule has 2 aromatic heterocycles. The summed E-state index contributed by atoms with van der Waals surface area (Å²) in [6.07, 6.45) is 8.92. The molecule has 0 amide bonds. The van der Waals surface area contributed by atoms with Gasteiger partial charge in [0.05, 0.1) is 28.4 Å². The Labute approximate surface area is 187 Å². The number of nitrogens with zero attached hydrogens (tertiary/aromatic N) is 5. The van der Waals surface area contributed by atoms with Gasteiger partial charge in [-0.05, 0) is 50.5 Å². The van der Waals surface area contributed by atoms with Gasteiger partial charge in [-0.25, -0.2) is 4.98 Å². The number of hydrogen-bond donors (Lipinski definition) is 2. The van der Waals surface area contributed by atoms with Gasteiger partial charge in [0.15, 0.2) is 0 Å². The first-order valence-electron chi connectivity index (χ1n) is 11.5. The summed E-state index contributed by atoms with van der Waals surface area (Å²) in [7, 11) is 1.88. The molecule has 3 heterocycles. The molecule has 2 fully saturated rings. The molecule has 0 bridgehead atoms. The molecule has 1 atom stereocenters. The molecule has 4 aromatic rings. The van der Waals surface area contributed by atoms with Gasteiger partial charge in [0.2, 0.25) is 0 Å². The summed E-state index contributed by atoms with van der Waals surface area (Å²) in [6, 6.07) is 9.56. The first-order chi connectivity index (χ1) is 15.5. The van der Waals surface area contributed by atoms with Crippen molar-refractivity contribution in [3.63, 3.8) is 0 Å². The van der Waals surface area contributed by atoms with E-state index in [4.69, 9.17) is 9.97 Å². The molecule has 1 unspecified atom stereocenters. The second kappa shape index (κ2) is 7.45. The molecule has 1 saturated heterocycles. The highest BCUT2D eigenvalue weighted by Crippen LogP contribution is 2.36. The average molecular weight is 429 g/mol. The van der Waals surface area contributed by atoms with Gasteiger partial charge in [-0.2, -0.15) is 5.10 Å². The van der Waals surface area contributed by atoms with Crippen LogP contribution in [0, 0.1) is 6.92 Å². The summed E-state index contributed by atoms with van der Waals surface area (Å²) in [5, 5.41) is 20.0. The molecule has 7 nitrogen and oxygen atoms in total. The van der Waals surface area contributed by atoms with E-state index in [1.807, 2.05) is 32.3 Å². The monoisotopic (exact) mass is 428 g/mol. The summed E-state index contributed by atoms with van der Waals surface area (Å²) < 4.78 is 1.76. The van der Waals surface area contributed by atoms with Crippen LogP contribution in [-0.2, 0) is 7.05 Å². The number of anilines is 1. The second-order valence-corrected chi connectivity index (χ2v) is 9.29. The molecule has 7 heteroatoms. The number of phenolic OH excluding ortho intramolecular Hbond substituents is 1. The van der Waals surface area contributed by atoms with E-state index in [-0.39, 0.29) is 5.75 Å². The van der Waals surface area contributed by atoms with Crippen LogP contribution in [0.5, 0.6) is 5.75 Å². The summed E-state index contributed by atoms with van der Waals surface area (Å²) in [6.45, 7) is 4.00. The van der Waals surface area contributed by atoms with Crippen LogP contribution in [0.4, 0.5) is 5.69 Å². The standard InChI is InChI=1S/C25H28N6O/c1-15-24-16(13-30(2)29-24)10-20(25(15)32)23-12-26-22-11-19(6-7-21(22)28-23)31-9-8-18(14-31)27-17-4-3-5-17/h6-7,10-13,17-18,27,32H,3-5,8-9,14H2,1-2H3. The van der Waals surface area contributed by atoms with Gasteiger partial charge in [0.25, 0.3) is 0 Å². The number of aryl methyl sites for hydroxylation is 2. The Bertz CT molecular complexity index is 1330. The van der Waals surface area contributed by atoms with E-state index < -0.39 is 0 Å². The zero-order valence-electron chi connectivity index (χ0n) is 18.5. The van der Waals surface area contributed by atoms with E-state index >= 15 is 0 Å². The fourth-order valence-corrected chi connectivity index (χ4v) is 5.00. The fraction of sp³-hybridized carbons (Fsp3) is 0.400. The summed E-state index contributed by atoms with van der Waals surface area (Å²) in [4.78, 5) is 12.0. The van der Waals surface area contributed by atoms with Gasteiger partial charge >= 0.3 is 0 Å². The van der Waals surface area contributed by atoms with E-state index in [0.29, 0.717) is 17.3 Å². The Morgan fingerprint density at radius 3 is 2.78 bits per heavy atom. The minimum atomic E-state index is 0.212. The smallest absolute Gasteiger partial charge is 0.130 e. The number of benzene rings is 2. The van der Waals surface area contributed by atoms with Crippen LogP contribution in [0.15, 0.2) is 36.7 Å². The van der Waals surface area contributed by atoms with Crippen molar-refractivity contribution >= 4 is 27.6 Å². The Morgan fingerprint density at radius 1 is 1.09 bits per heavy atom. The third-order valence-electron chi connectivity index (χ3n) is 7.05. The summed E-state index contributed by atoms with van der Waals surface area (Å²) >= 11 is 0. The molecular formula is C25H28N6O. The molecule has 164 valence electrons. The molecule has 6 rings (SSSR count). The summed E-state index contributed by atoms with van der Waals surface area (Å²) in [5.74, 6) is 0.212. The lowest BCUT2D eigenvalue weighted by Crippen LogP contribution is -2.43. The van der Waals surface area contributed by atoms with Gasteiger partial charge < -0.3 is 15.3 Å². The van der Waals surface area contributed by atoms with E-state index in [1.165, 1.54) is 31.4 Å². The number of aromatic hydroxyl groups is 1. The quantitative estimate of drug-likeness (QED) is 0.513. The predicted molar refractivity (Wildman–Crippen MR) is 127 cm³/mol. The number of rotatable bonds is 4. The van der Waals surface area contributed by atoms with Gasteiger partial charge in [0.1, 0.15) is 5.75 Å². The molecule has 1 saturated carbocycles. The normalized spacial score (nSPS) is 19.2. The third kappa shape index (κ3) is 3.28. The lowest BCUT2D eigenvalue weighted by atomic mass is 9.92. The second-order valence-electron chi connectivity index (χ2n) is 9.29. The lowest BCUT2D eigenvalue weighted by Gasteiger charge is -2.30. The first kappa shape index (κ1) is 19.5. The van der Waals surface area contributed by atoms with Crippen molar-refractivity contribution in [3.05, 3.63) is 42.2 Å². The topological polar surface area (TPSA) is 79.1 Å². The van der Waals surface area contributed by atoms with E-state index in [0.717, 1.165) is 46.6 Å². The highest BCUT2D eigenvalue weighted by molar-refractivity contribution is 5.91. The van der Waals surface area contributed by atoms with Gasteiger partial charge in [-0.1, -0.05) is 6.42 Å². The molecule has 1 aliphatic carbocycles. The maximum atomic E-state index is 10.8. The van der Waals surface area contributed by atoms with Gasteiger partial charge in [-0.15, -0.1) is 0 Å². The molecule has 1 aliphatic heterocycles. The van der Waals surface area contributed by atoms with Crippen molar-refractivity contribution in [3.8, 4) is 17.0 Å². The number of phenols is 1. The van der Waals surface area contributed by atoms with Crippen LogP contribution in [-0.4, -0.2) is 50.0 Å². The first-order valence-corrected chi connectivity index (χ1v) is 11.5. The van der Waals surface area contributed by atoms with Crippen LogP contribution < -0.4 is 10.2 Å². The van der Waals surface area contributed by atoms with Crippen LogP contribution >= 0.6 is 0 Å². The molecule has 0 radical (unpaired) electrons. The van der Waals surface area contributed by atoms with Crippen molar-refractivity contribution in [2.24, 2.45) is 7.05 Å². The number of fused-ring (bicyclic) bond motifs is 2. The van der Waals surface area contributed by atoms with E-state index in [1.54, 1.807) is 10.9 Å². The maximum absolute atomic E-state index is 10.8. The Balaban J connectivity index is 1.29. The lowest BCUT2D eigenvalue weighted by molar-refractivity contribution is 0.311. The van der Waals surface area contributed by atoms with E-state index in [9.17, 15) is 5.11 Å². The van der Waals surface area contributed by atoms with Crippen LogP contribution in [0.1, 0.15) is 31.2 Å². The minimum absolute atomic E-state index is 0.212. The highest BCUT2D eigenvalue weighted by atomic mass is 16.3. The molecule has 0 spiro atoms. The minimum Gasteiger partial charge on any atom is -0.507 e. The van der Waals surface area contributed by atoms with Crippen LogP contribution in [0.3, 0.4) is 0 Å². The molecular weight excluding hydrogens is 400 g/mol. The third-order valence-corrected chi connectivity index (χ3v) is 7.05. The maximum Gasteiger partial charge on any atom is 0.130 e. The highest BCUT2D eigenvalue weighted by Gasteiger charge is 2.27. The van der Waals surface area contributed by atoms with Crippen molar-refractivity contribution in [2.45, 2.75) is 44.7 Å². The molecule has 2 N–H and O–H groups in total. The van der Waals surface area contributed by atoms with Gasteiger partial charge in [-0.3, -0.25) is 9.67 Å². The largest absolute Gasteiger partial charge is 0.507 e. The predicted octanol–water partition coefficient (Wildman–Crippen LogP) is 3.92. The zero-order chi connectivity index (χ0) is 21.8. The summed E-state index contributed by atoms with van der Waals surface area (Å²) in [5.41, 5.74) is 5.83. The van der Waals surface area contributed by atoms with Crippen LogP contribution in [0.2, 0.25) is 0 Å². The molecule has 32 heavy (non-hydrogen) atoms. The average Bonchev–Trinajstić information content (AvgIpc) is 3.39.